The Morgan fingerprint density at radius 1 is 1.00 bits per heavy atom. The highest BCUT2D eigenvalue weighted by atomic mass is 16.5. The zero-order valence-electron chi connectivity index (χ0n) is 16.5. The van der Waals surface area contributed by atoms with Gasteiger partial charge in [0.05, 0.1) is 20.3 Å². The molecule has 2 aromatic carbocycles. The maximum absolute atomic E-state index is 12.1. The Morgan fingerprint density at radius 2 is 1.75 bits per heavy atom. The van der Waals surface area contributed by atoms with E-state index < -0.39 is 0 Å². The highest BCUT2D eigenvalue weighted by Crippen LogP contribution is 2.29. The lowest BCUT2D eigenvalue weighted by Gasteiger charge is -2.18. The number of hydrogen-bond donors (Lipinski definition) is 3. The summed E-state index contributed by atoms with van der Waals surface area (Å²) in [6.07, 6.45) is 0.205. The molecule has 0 aliphatic carbocycles. The van der Waals surface area contributed by atoms with Crippen molar-refractivity contribution >= 4 is 11.9 Å². The summed E-state index contributed by atoms with van der Waals surface area (Å²) >= 11 is 0. The van der Waals surface area contributed by atoms with Gasteiger partial charge in [-0.2, -0.15) is 0 Å². The van der Waals surface area contributed by atoms with Crippen molar-refractivity contribution in [3.05, 3.63) is 59.7 Å². The van der Waals surface area contributed by atoms with E-state index in [1.54, 1.807) is 26.4 Å². The first-order valence-corrected chi connectivity index (χ1v) is 9.10. The smallest absolute Gasteiger partial charge is 0.315 e. The molecule has 1 atom stereocenters. The number of carbonyl (C=O) groups is 2. The van der Waals surface area contributed by atoms with Crippen LogP contribution in [0.15, 0.2) is 48.5 Å². The molecule has 0 fully saturated rings. The molecule has 0 spiro atoms. The van der Waals surface area contributed by atoms with Crippen LogP contribution in [0, 0.1) is 0 Å². The molecule has 1 unspecified atom stereocenters. The summed E-state index contributed by atoms with van der Waals surface area (Å²) < 4.78 is 10.6. The molecular weight excluding hydrogens is 358 g/mol. The van der Waals surface area contributed by atoms with Crippen LogP contribution in [0.3, 0.4) is 0 Å². The second kappa shape index (κ2) is 10.8. The fourth-order valence-electron chi connectivity index (χ4n) is 2.68. The number of amides is 3. The number of benzene rings is 2. The Kier molecular flexibility index (Phi) is 8.14. The normalized spacial score (nSPS) is 11.2. The Labute approximate surface area is 165 Å². The molecule has 150 valence electrons. The minimum atomic E-state index is -0.353. The van der Waals surface area contributed by atoms with Gasteiger partial charge < -0.3 is 25.4 Å². The summed E-state index contributed by atoms with van der Waals surface area (Å²) in [7, 11) is 3.16. The SMILES string of the molecule is COc1ccc(OC)c(C(C)NC(=O)NCCC(=O)NCc2ccccc2)c1. The number of ether oxygens (including phenoxy) is 2. The summed E-state index contributed by atoms with van der Waals surface area (Å²) in [6, 6.07) is 14.4. The van der Waals surface area contributed by atoms with E-state index in [1.165, 1.54) is 0 Å². The van der Waals surface area contributed by atoms with Crippen molar-refractivity contribution in [3.63, 3.8) is 0 Å². The predicted molar refractivity (Wildman–Crippen MR) is 107 cm³/mol. The standard InChI is InChI=1S/C21H27N3O4/c1-15(18-13-17(27-2)9-10-19(18)28-3)24-21(26)22-12-11-20(25)23-14-16-7-5-4-6-8-16/h4-10,13,15H,11-12,14H2,1-3H3,(H,23,25)(H2,22,24,26). The second-order valence-electron chi connectivity index (χ2n) is 6.24. The number of urea groups is 1. The van der Waals surface area contributed by atoms with Gasteiger partial charge >= 0.3 is 6.03 Å². The molecule has 7 nitrogen and oxygen atoms in total. The van der Waals surface area contributed by atoms with E-state index in [0.29, 0.717) is 18.0 Å². The van der Waals surface area contributed by atoms with Crippen molar-refractivity contribution < 1.29 is 19.1 Å². The lowest BCUT2D eigenvalue weighted by Crippen LogP contribution is -2.39. The molecule has 0 saturated heterocycles. The predicted octanol–water partition coefficient (Wildman–Crippen LogP) is 2.77. The molecule has 0 saturated carbocycles. The van der Waals surface area contributed by atoms with Gasteiger partial charge in [-0.25, -0.2) is 4.79 Å². The van der Waals surface area contributed by atoms with Crippen LogP contribution >= 0.6 is 0 Å². The van der Waals surface area contributed by atoms with Gasteiger partial charge in [-0.05, 0) is 30.7 Å². The Bertz CT molecular complexity index is 780. The minimum absolute atomic E-state index is 0.119. The van der Waals surface area contributed by atoms with Crippen LogP contribution in [0.4, 0.5) is 4.79 Å². The quantitative estimate of drug-likeness (QED) is 0.619. The molecule has 0 bridgehead atoms. The molecule has 2 rings (SSSR count). The molecule has 3 amide bonds. The van der Waals surface area contributed by atoms with Crippen molar-refractivity contribution in [2.45, 2.75) is 25.9 Å². The Hall–Kier alpha value is -3.22. The third-order valence-corrected chi connectivity index (χ3v) is 4.22. The van der Waals surface area contributed by atoms with Crippen LogP contribution in [0.1, 0.15) is 30.5 Å². The van der Waals surface area contributed by atoms with Gasteiger partial charge in [0.25, 0.3) is 0 Å². The maximum atomic E-state index is 12.1. The first-order valence-electron chi connectivity index (χ1n) is 9.10. The van der Waals surface area contributed by atoms with E-state index in [0.717, 1.165) is 11.1 Å². The van der Waals surface area contributed by atoms with E-state index in [9.17, 15) is 9.59 Å². The molecule has 2 aromatic rings. The van der Waals surface area contributed by atoms with E-state index >= 15 is 0 Å². The third kappa shape index (κ3) is 6.50. The molecule has 0 aliphatic heterocycles. The number of rotatable bonds is 9. The third-order valence-electron chi connectivity index (χ3n) is 4.22. The largest absolute Gasteiger partial charge is 0.497 e. The monoisotopic (exact) mass is 385 g/mol. The average Bonchev–Trinajstić information content (AvgIpc) is 2.72. The maximum Gasteiger partial charge on any atom is 0.315 e. The average molecular weight is 385 g/mol. The summed E-state index contributed by atoms with van der Waals surface area (Å²) in [5.74, 6) is 1.22. The summed E-state index contributed by atoms with van der Waals surface area (Å²) in [5, 5.41) is 8.36. The number of carbonyl (C=O) groups excluding carboxylic acids is 2. The summed E-state index contributed by atoms with van der Waals surface area (Å²) in [4.78, 5) is 24.0. The topological polar surface area (TPSA) is 88.7 Å². The van der Waals surface area contributed by atoms with Crippen molar-refractivity contribution in [3.8, 4) is 11.5 Å². The molecule has 0 heterocycles. The first kappa shape index (κ1) is 21.1. The number of hydrogen-bond acceptors (Lipinski definition) is 4. The molecule has 28 heavy (non-hydrogen) atoms. The fourth-order valence-corrected chi connectivity index (χ4v) is 2.68. The lowest BCUT2D eigenvalue weighted by molar-refractivity contribution is -0.121. The fraction of sp³-hybridized carbons (Fsp3) is 0.333. The zero-order valence-corrected chi connectivity index (χ0v) is 16.5. The van der Waals surface area contributed by atoms with Crippen LogP contribution in [-0.2, 0) is 11.3 Å². The van der Waals surface area contributed by atoms with Crippen LogP contribution in [0.2, 0.25) is 0 Å². The molecule has 0 aromatic heterocycles. The van der Waals surface area contributed by atoms with E-state index in [1.807, 2.05) is 43.3 Å². The second-order valence-corrected chi connectivity index (χ2v) is 6.24. The number of methoxy groups -OCH3 is 2. The molecule has 0 aliphatic rings. The highest BCUT2D eigenvalue weighted by molar-refractivity contribution is 5.78. The molecular formula is C21H27N3O4. The summed E-state index contributed by atoms with van der Waals surface area (Å²) in [6.45, 7) is 2.57. The van der Waals surface area contributed by atoms with Gasteiger partial charge in [0.1, 0.15) is 11.5 Å². The van der Waals surface area contributed by atoms with Crippen LogP contribution in [0.5, 0.6) is 11.5 Å². The first-order chi connectivity index (χ1) is 13.5. The van der Waals surface area contributed by atoms with Crippen molar-refractivity contribution in [2.75, 3.05) is 20.8 Å². The van der Waals surface area contributed by atoms with Crippen molar-refractivity contribution in [1.82, 2.24) is 16.0 Å². The Balaban J connectivity index is 1.75. The van der Waals surface area contributed by atoms with Crippen molar-refractivity contribution in [2.24, 2.45) is 0 Å². The minimum Gasteiger partial charge on any atom is -0.497 e. The van der Waals surface area contributed by atoms with E-state index in [4.69, 9.17) is 9.47 Å². The van der Waals surface area contributed by atoms with Gasteiger partial charge in [-0.15, -0.1) is 0 Å². The van der Waals surface area contributed by atoms with Gasteiger partial charge in [0.15, 0.2) is 0 Å². The van der Waals surface area contributed by atoms with E-state index in [-0.39, 0.29) is 30.9 Å². The van der Waals surface area contributed by atoms with E-state index in [2.05, 4.69) is 16.0 Å². The lowest BCUT2D eigenvalue weighted by atomic mass is 10.1. The highest BCUT2D eigenvalue weighted by Gasteiger charge is 2.15. The van der Waals surface area contributed by atoms with Crippen LogP contribution < -0.4 is 25.4 Å². The zero-order chi connectivity index (χ0) is 20.4. The van der Waals surface area contributed by atoms with Crippen LogP contribution in [0.25, 0.3) is 0 Å². The van der Waals surface area contributed by atoms with Gasteiger partial charge in [-0.1, -0.05) is 30.3 Å². The van der Waals surface area contributed by atoms with Gasteiger partial charge in [0, 0.05) is 25.1 Å². The molecule has 0 radical (unpaired) electrons. The molecule has 7 heteroatoms. The number of nitrogens with one attached hydrogen (secondary N) is 3. The van der Waals surface area contributed by atoms with Crippen LogP contribution in [-0.4, -0.2) is 32.7 Å². The van der Waals surface area contributed by atoms with Gasteiger partial charge in [-0.3, -0.25) is 4.79 Å². The summed E-state index contributed by atoms with van der Waals surface area (Å²) in [5.41, 5.74) is 1.83. The Morgan fingerprint density at radius 3 is 2.43 bits per heavy atom. The molecule has 3 N–H and O–H groups in total. The van der Waals surface area contributed by atoms with Gasteiger partial charge in [0.2, 0.25) is 5.91 Å². The van der Waals surface area contributed by atoms with Crippen molar-refractivity contribution in [1.29, 1.82) is 0 Å².